The van der Waals surface area contributed by atoms with E-state index in [4.69, 9.17) is 14.3 Å². The Morgan fingerprint density at radius 1 is 1.15 bits per heavy atom. The van der Waals surface area contributed by atoms with Crippen molar-refractivity contribution in [1.29, 1.82) is 0 Å². The molecule has 1 N–H and O–H groups in total. The smallest absolute Gasteiger partial charge is 0.160 e. The highest BCUT2D eigenvalue weighted by molar-refractivity contribution is 5.85. The van der Waals surface area contributed by atoms with Gasteiger partial charge >= 0.3 is 0 Å². The maximum absolute atomic E-state index is 5.58. The maximum Gasteiger partial charge on any atom is 0.160 e. The number of methoxy groups -OCH3 is 2. The predicted molar refractivity (Wildman–Crippen MR) is 102 cm³/mol. The van der Waals surface area contributed by atoms with Crippen molar-refractivity contribution in [2.45, 2.75) is 51.0 Å². The average molecular weight is 358 g/mol. The van der Waals surface area contributed by atoms with Crippen molar-refractivity contribution in [3.63, 3.8) is 0 Å². The van der Waals surface area contributed by atoms with Gasteiger partial charge in [0.25, 0.3) is 0 Å². The van der Waals surface area contributed by atoms with Crippen molar-refractivity contribution in [3.8, 4) is 11.5 Å². The van der Waals surface area contributed by atoms with E-state index < -0.39 is 0 Å². The predicted octanol–water partition coefficient (Wildman–Crippen LogP) is 3.56. The summed E-state index contributed by atoms with van der Waals surface area (Å²) in [7, 11) is 3.38. The zero-order valence-corrected chi connectivity index (χ0v) is 15.9. The van der Waals surface area contributed by atoms with Crippen LogP contribution < -0.4 is 14.8 Å². The fourth-order valence-electron chi connectivity index (χ4n) is 4.50. The fraction of sp³-hybridized carbons (Fsp3) is 0.667. The number of hydrogen-bond acceptors (Lipinski definition) is 5. The summed E-state index contributed by atoms with van der Waals surface area (Å²) in [6.45, 7) is 1.90. The number of hydrogen-bond donors (Lipinski definition) is 1. The molecule has 3 fully saturated rings. The summed E-state index contributed by atoms with van der Waals surface area (Å²) in [5.41, 5.74) is 2.87. The molecule has 0 spiro atoms. The second-order valence-corrected chi connectivity index (χ2v) is 8.09. The Morgan fingerprint density at radius 3 is 2.77 bits per heavy atom. The number of nitrogens with one attached hydrogen (secondary N) is 1. The molecule has 4 rings (SSSR count). The van der Waals surface area contributed by atoms with Gasteiger partial charge in [0, 0.05) is 12.5 Å². The van der Waals surface area contributed by atoms with Crippen LogP contribution in [0.3, 0.4) is 0 Å². The van der Waals surface area contributed by atoms with Gasteiger partial charge in [-0.25, -0.2) is 0 Å². The molecule has 2 saturated carbocycles. The quantitative estimate of drug-likeness (QED) is 0.757. The molecule has 5 nitrogen and oxygen atoms in total. The maximum atomic E-state index is 5.58. The molecular weight excluding hydrogens is 328 g/mol. The van der Waals surface area contributed by atoms with E-state index in [1.54, 1.807) is 14.2 Å². The molecule has 0 radical (unpaired) electrons. The van der Waals surface area contributed by atoms with E-state index in [1.165, 1.54) is 37.0 Å². The third-order valence-electron chi connectivity index (χ3n) is 6.31. The zero-order valence-electron chi connectivity index (χ0n) is 15.9. The van der Waals surface area contributed by atoms with Crippen molar-refractivity contribution in [1.82, 2.24) is 5.32 Å². The minimum Gasteiger partial charge on any atom is -0.493 e. The third-order valence-corrected chi connectivity index (χ3v) is 6.31. The third kappa shape index (κ3) is 3.68. The highest BCUT2D eigenvalue weighted by Crippen LogP contribution is 2.45. The summed E-state index contributed by atoms with van der Waals surface area (Å²) < 4.78 is 10.9. The Balaban J connectivity index is 1.44. The summed E-state index contributed by atoms with van der Waals surface area (Å²) in [4.78, 5) is 5.58. The molecule has 5 heteroatoms. The van der Waals surface area contributed by atoms with E-state index in [0.717, 1.165) is 49.8 Å². The van der Waals surface area contributed by atoms with Crippen LogP contribution in [0.25, 0.3) is 0 Å². The number of fused-ring (bicyclic) bond motifs is 1. The molecule has 142 valence electrons. The standard InChI is InChI=1S/C21H30N2O3/c1-24-18-6-5-16(11-19(18)25-2)13-21-8-7-17(12-20(21)22-10-9-21)23-26-14-15-3-4-15/h5-6,11,15,20,22H,3-4,7-10,12-14H2,1-2H3/t20-,21+/m0/s1. The van der Waals surface area contributed by atoms with Gasteiger partial charge in [-0.2, -0.15) is 0 Å². The van der Waals surface area contributed by atoms with Crippen molar-refractivity contribution in [2.75, 3.05) is 27.4 Å². The molecule has 26 heavy (non-hydrogen) atoms. The molecule has 1 aromatic carbocycles. The molecule has 3 aliphatic rings. The molecule has 0 bridgehead atoms. The van der Waals surface area contributed by atoms with Crippen LogP contribution in [0.5, 0.6) is 11.5 Å². The second kappa shape index (κ2) is 7.47. The Hall–Kier alpha value is -1.75. The van der Waals surface area contributed by atoms with E-state index >= 15 is 0 Å². The van der Waals surface area contributed by atoms with Crippen LogP contribution in [0.2, 0.25) is 0 Å². The van der Waals surface area contributed by atoms with Crippen molar-refractivity contribution < 1.29 is 14.3 Å². The van der Waals surface area contributed by atoms with Crippen LogP contribution in [0.4, 0.5) is 0 Å². The Bertz CT molecular complexity index is 671. The van der Waals surface area contributed by atoms with E-state index in [9.17, 15) is 0 Å². The molecule has 0 aromatic heterocycles. The number of nitrogens with zero attached hydrogens (tertiary/aromatic N) is 1. The molecule has 2 aliphatic carbocycles. The van der Waals surface area contributed by atoms with E-state index in [0.29, 0.717) is 11.5 Å². The van der Waals surface area contributed by atoms with Crippen LogP contribution in [-0.2, 0) is 11.3 Å². The molecule has 2 atom stereocenters. The van der Waals surface area contributed by atoms with Gasteiger partial charge in [-0.05, 0) is 74.1 Å². The van der Waals surface area contributed by atoms with E-state index in [2.05, 4.69) is 22.6 Å². The average Bonchev–Trinajstić information content (AvgIpc) is 3.40. The lowest BCUT2D eigenvalue weighted by Crippen LogP contribution is -2.44. The first-order chi connectivity index (χ1) is 12.7. The Morgan fingerprint density at radius 2 is 2.00 bits per heavy atom. The SMILES string of the molecule is COc1ccc(C[C@@]23CCN[C@H]2CC(=NOCC2CC2)CC3)cc1OC. The largest absolute Gasteiger partial charge is 0.493 e. The lowest BCUT2D eigenvalue weighted by Gasteiger charge is -2.39. The van der Waals surface area contributed by atoms with Gasteiger partial charge in [-0.3, -0.25) is 0 Å². The summed E-state index contributed by atoms with van der Waals surface area (Å²) >= 11 is 0. The van der Waals surface area contributed by atoms with Crippen LogP contribution in [0.15, 0.2) is 23.4 Å². The molecule has 0 unspecified atom stereocenters. The van der Waals surface area contributed by atoms with Gasteiger partial charge in [-0.1, -0.05) is 11.2 Å². The normalized spacial score (nSPS) is 29.5. The molecular formula is C21H30N2O3. The van der Waals surface area contributed by atoms with Gasteiger partial charge in [-0.15, -0.1) is 0 Å². The van der Waals surface area contributed by atoms with E-state index in [1.807, 2.05) is 6.07 Å². The summed E-state index contributed by atoms with van der Waals surface area (Å²) in [6, 6.07) is 6.82. The first kappa shape index (κ1) is 17.7. The van der Waals surface area contributed by atoms with Crippen molar-refractivity contribution in [3.05, 3.63) is 23.8 Å². The van der Waals surface area contributed by atoms with Gasteiger partial charge in [0.1, 0.15) is 6.61 Å². The second-order valence-electron chi connectivity index (χ2n) is 8.09. The first-order valence-corrected chi connectivity index (χ1v) is 9.84. The Kier molecular flexibility index (Phi) is 5.07. The number of benzene rings is 1. The number of rotatable bonds is 7. The molecule has 1 aliphatic heterocycles. The first-order valence-electron chi connectivity index (χ1n) is 9.84. The van der Waals surface area contributed by atoms with Crippen LogP contribution in [0.1, 0.15) is 44.1 Å². The lowest BCUT2D eigenvalue weighted by atomic mass is 9.67. The number of ether oxygens (including phenoxy) is 2. The summed E-state index contributed by atoms with van der Waals surface area (Å²) in [5.74, 6) is 2.37. The minimum atomic E-state index is 0.315. The topological polar surface area (TPSA) is 52.1 Å². The van der Waals surface area contributed by atoms with Gasteiger partial charge in [0.05, 0.1) is 19.9 Å². The summed E-state index contributed by atoms with van der Waals surface area (Å²) in [6.07, 6.45) is 8.15. The number of oxime groups is 1. The van der Waals surface area contributed by atoms with Crippen LogP contribution in [0, 0.1) is 11.3 Å². The lowest BCUT2D eigenvalue weighted by molar-refractivity contribution is 0.128. The highest BCUT2D eigenvalue weighted by atomic mass is 16.6. The summed E-state index contributed by atoms with van der Waals surface area (Å²) in [5, 5.41) is 8.17. The van der Waals surface area contributed by atoms with Crippen molar-refractivity contribution in [2.24, 2.45) is 16.5 Å². The highest BCUT2D eigenvalue weighted by Gasteiger charge is 2.45. The van der Waals surface area contributed by atoms with Crippen LogP contribution >= 0.6 is 0 Å². The molecule has 0 amide bonds. The van der Waals surface area contributed by atoms with Crippen molar-refractivity contribution >= 4 is 5.71 Å². The zero-order chi connectivity index (χ0) is 18.0. The van der Waals surface area contributed by atoms with Crippen LogP contribution in [-0.4, -0.2) is 39.1 Å². The minimum absolute atomic E-state index is 0.315. The van der Waals surface area contributed by atoms with Gasteiger partial charge in [0.15, 0.2) is 11.5 Å². The monoisotopic (exact) mass is 358 g/mol. The van der Waals surface area contributed by atoms with Gasteiger partial charge in [0.2, 0.25) is 0 Å². The van der Waals surface area contributed by atoms with E-state index in [-0.39, 0.29) is 0 Å². The molecule has 1 heterocycles. The fourth-order valence-corrected chi connectivity index (χ4v) is 4.50. The molecule has 1 saturated heterocycles. The van der Waals surface area contributed by atoms with Gasteiger partial charge < -0.3 is 19.6 Å². The molecule has 1 aromatic rings. The Labute approximate surface area is 156 Å².